The van der Waals surface area contributed by atoms with Crippen LogP contribution in [0.4, 0.5) is 17.3 Å². The molecule has 0 radical (unpaired) electrons. The van der Waals surface area contributed by atoms with Gasteiger partial charge in [0.2, 0.25) is 5.95 Å². The summed E-state index contributed by atoms with van der Waals surface area (Å²) < 4.78 is 0. The average molecular weight is 329 g/mol. The van der Waals surface area contributed by atoms with Crippen molar-refractivity contribution < 1.29 is 9.85 Å². The second kappa shape index (κ2) is 7.02. The number of nitro benzene ring substituents is 2. The number of aromatic amines is 1. The number of hydrogen-bond acceptors (Lipinski definition) is 8. The van der Waals surface area contributed by atoms with Gasteiger partial charge in [-0.1, -0.05) is 0 Å². The topological polar surface area (TPSA) is 166 Å². The Balaban J connectivity index is 2.49. The smallest absolute Gasteiger partial charge is 0.340 e. The molecule has 0 spiro atoms. The molecule has 24 heavy (non-hydrogen) atoms. The van der Waals surface area contributed by atoms with Crippen LogP contribution in [0.5, 0.6) is 0 Å². The largest absolute Gasteiger partial charge is 0.348 e. The first-order chi connectivity index (χ1) is 11.5. The molecule has 1 aromatic carbocycles. The number of H-pyrrole nitrogens is 1. The lowest BCUT2D eigenvalue weighted by Gasteiger charge is -2.18. The summed E-state index contributed by atoms with van der Waals surface area (Å²) in [4.78, 5) is 29.0. The van der Waals surface area contributed by atoms with E-state index in [4.69, 9.17) is 10.5 Å². The number of nitrogens with zero attached hydrogens (tertiary/aromatic N) is 6. The fourth-order valence-corrected chi connectivity index (χ4v) is 2.16. The minimum atomic E-state index is -0.838. The van der Waals surface area contributed by atoms with E-state index in [0.29, 0.717) is 19.0 Å². The summed E-state index contributed by atoms with van der Waals surface area (Å²) in [5.74, 6) is 0.297. The van der Waals surface area contributed by atoms with Crippen molar-refractivity contribution in [3.05, 3.63) is 32.4 Å². The summed E-state index contributed by atoms with van der Waals surface area (Å²) in [5.41, 5.74) is -0.822. The highest BCUT2D eigenvalue weighted by molar-refractivity contribution is 5.84. The number of nitriles is 2. The van der Waals surface area contributed by atoms with Crippen LogP contribution in [0.1, 0.15) is 12.8 Å². The van der Waals surface area contributed by atoms with Gasteiger partial charge >= 0.3 is 11.4 Å². The van der Waals surface area contributed by atoms with E-state index in [1.54, 1.807) is 4.90 Å². The first-order valence-electron chi connectivity index (χ1n) is 6.79. The van der Waals surface area contributed by atoms with E-state index in [2.05, 4.69) is 9.97 Å². The fourth-order valence-electron chi connectivity index (χ4n) is 2.16. The van der Waals surface area contributed by atoms with Crippen LogP contribution in [0, 0.1) is 42.9 Å². The fraction of sp³-hybridized carbons (Fsp3) is 0.308. The average Bonchev–Trinajstić information content (AvgIpc) is 2.96. The summed E-state index contributed by atoms with van der Waals surface area (Å²) in [7, 11) is 0. The number of fused-ring (bicyclic) bond motifs is 1. The maximum atomic E-state index is 11.0. The normalized spacial score (nSPS) is 10.1. The number of benzene rings is 1. The van der Waals surface area contributed by atoms with Crippen molar-refractivity contribution in [2.45, 2.75) is 12.8 Å². The molecule has 1 aromatic heterocycles. The molecule has 0 saturated carbocycles. The van der Waals surface area contributed by atoms with Crippen molar-refractivity contribution in [3.8, 4) is 12.1 Å². The lowest BCUT2D eigenvalue weighted by atomic mass is 10.2. The van der Waals surface area contributed by atoms with Crippen LogP contribution in [0.25, 0.3) is 11.0 Å². The molecule has 11 nitrogen and oxygen atoms in total. The third-order valence-electron chi connectivity index (χ3n) is 3.25. The Morgan fingerprint density at radius 3 is 2.12 bits per heavy atom. The number of anilines is 1. The van der Waals surface area contributed by atoms with Gasteiger partial charge in [-0.25, -0.2) is 4.98 Å². The minimum absolute atomic E-state index is 0.196. The van der Waals surface area contributed by atoms with Crippen molar-refractivity contribution in [1.82, 2.24) is 9.97 Å². The highest BCUT2D eigenvalue weighted by Gasteiger charge is 2.26. The lowest BCUT2D eigenvalue weighted by molar-refractivity contribution is -0.422. The molecule has 0 fully saturated rings. The van der Waals surface area contributed by atoms with Crippen LogP contribution in [0.3, 0.4) is 0 Å². The van der Waals surface area contributed by atoms with Gasteiger partial charge in [-0.3, -0.25) is 20.2 Å². The van der Waals surface area contributed by atoms with Gasteiger partial charge in [-0.2, -0.15) is 10.5 Å². The monoisotopic (exact) mass is 329 g/mol. The molecule has 0 aliphatic heterocycles. The molecule has 0 atom stereocenters. The molecule has 2 aromatic rings. The maximum absolute atomic E-state index is 11.0. The molecule has 0 aliphatic carbocycles. The molecule has 0 unspecified atom stereocenters. The lowest BCUT2D eigenvalue weighted by Crippen LogP contribution is -2.26. The molecule has 0 aliphatic rings. The Kier molecular flexibility index (Phi) is 4.87. The molecule has 2 rings (SSSR count). The van der Waals surface area contributed by atoms with Crippen molar-refractivity contribution >= 4 is 28.4 Å². The minimum Gasteiger partial charge on any atom is -0.340 e. The molecule has 0 saturated heterocycles. The van der Waals surface area contributed by atoms with E-state index in [1.165, 1.54) is 0 Å². The predicted molar refractivity (Wildman–Crippen MR) is 82.1 cm³/mol. The highest BCUT2D eigenvalue weighted by atomic mass is 16.6. The summed E-state index contributed by atoms with van der Waals surface area (Å²) >= 11 is 0. The molecule has 11 heteroatoms. The van der Waals surface area contributed by atoms with E-state index >= 15 is 0 Å². The van der Waals surface area contributed by atoms with Gasteiger partial charge in [0.1, 0.15) is 0 Å². The van der Waals surface area contributed by atoms with Gasteiger partial charge in [-0.05, 0) is 0 Å². The van der Waals surface area contributed by atoms with Crippen LogP contribution in [0.15, 0.2) is 12.1 Å². The van der Waals surface area contributed by atoms with Gasteiger partial charge in [0.05, 0.1) is 51.9 Å². The summed E-state index contributed by atoms with van der Waals surface area (Å²) in [6, 6.07) is 6.04. The standard InChI is InChI=1S/C13H11N7O4/c14-3-1-5-18(6-2-4-15)13-16-9-7-11(19(21)22)12(20(23)24)8-10(9)17-13/h7-8H,1-2,5-6H2,(H,16,17). The molecular weight excluding hydrogens is 318 g/mol. The predicted octanol–water partition coefficient (Wildman–Crippen LogP) is 2.01. The van der Waals surface area contributed by atoms with Crippen molar-refractivity contribution in [1.29, 1.82) is 10.5 Å². The number of nitrogens with one attached hydrogen (secondary N) is 1. The zero-order valence-electron chi connectivity index (χ0n) is 12.3. The molecule has 1 heterocycles. The Hall–Kier alpha value is -3.73. The van der Waals surface area contributed by atoms with Crippen molar-refractivity contribution in [3.63, 3.8) is 0 Å². The van der Waals surface area contributed by atoms with E-state index in [0.717, 1.165) is 12.1 Å². The zero-order valence-corrected chi connectivity index (χ0v) is 12.3. The Bertz CT molecular complexity index is 808. The molecule has 1 N–H and O–H groups in total. The molecule has 0 bridgehead atoms. The SMILES string of the molecule is N#CCCN(CCC#N)c1nc2cc([N+](=O)[O-])c([N+](=O)[O-])cc2[nH]1. The molecule has 0 amide bonds. The van der Waals surface area contributed by atoms with E-state index in [9.17, 15) is 20.2 Å². The summed E-state index contributed by atoms with van der Waals surface area (Å²) in [6.45, 7) is 0.615. The molecular formula is C13H11N7O4. The summed E-state index contributed by atoms with van der Waals surface area (Å²) in [6.07, 6.45) is 0.394. The van der Waals surface area contributed by atoms with Crippen LogP contribution < -0.4 is 4.90 Å². The number of aromatic nitrogens is 2. The summed E-state index contributed by atoms with van der Waals surface area (Å²) in [5, 5.41) is 39.4. The van der Waals surface area contributed by atoms with E-state index < -0.39 is 21.2 Å². The number of hydrogen-bond donors (Lipinski definition) is 1. The second-order valence-electron chi connectivity index (χ2n) is 4.74. The molecule has 122 valence electrons. The number of imidazole rings is 1. The number of nitro groups is 2. The first-order valence-corrected chi connectivity index (χ1v) is 6.79. The Labute approximate surface area is 135 Å². The zero-order chi connectivity index (χ0) is 17.7. The second-order valence-corrected chi connectivity index (χ2v) is 4.74. The van der Waals surface area contributed by atoms with E-state index in [1.807, 2.05) is 12.1 Å². The van der Waals surface area contributed by atoms with Gasteiger partial charge in [0.25, 0.3) is 0 Å². The van der Waals surface area contributed by atoms with E-state index in [-0.39, 0.29) is 23.9 Å². The maximum Gasteiger partial charge on any atom is 0.348 e. The Morgan fingerprint density at radius 2 is 1.62 bits per heavy atom. The van der Waals surface area contributed by atoms with Gasteiger partial charge < -0.3 is 9.88 Å². The third kappa shape index (κ3) is 3.36. The van der Waals surface area contributed by atoms with Gasteiger partial charge in [-0.15, -0.1) is 0 Å². The first kappa shape index (κ1) is 16.6. The van der Waals surface area contributed by atoms with Crippen LogP contribution >= 0.6 is 0 Å². The van der Waals surface area contributed by atoms with Gasteiger partial charge in [0.15, 0.2) is 0 Å². The Morgan fingerprint density at radius 1 is 1.08 bits per heavy atom. The number of rotatable bonds is 7. The third-order valence-corrected chi connectivity index (χ3v) is 3.25. The van der Waals surface area contributed by atoms with Crippen molar-refractivity contribution in [2.75, 3.05) is 18.0 Å². The van der Waals surface area contributed by atoms with Gasteiger partial charge in [0, 0.05) is 19.2 Å². The van der Waals surface area contributed by atoms with Crippen LogP contribution in [0.2, 0.25) is 0 Å². The quantitative estimate of drug-likeness (QED) is 0.594. The van der Waals surface area contributed by atoms with Crippen LogP contribution in [-0.2, 0) is 0 Å². The van der Waals surface area contributed by atoms with Crippen LogP contribution in [-0.4, -0.2) is 32.9 Å². The van der Waals surface area contributed by atoms with Crippen molar-refractivity contribution in [2.24, 2.45) is 0 Å². The highest BCUT2D eigenvalue weighted by Crippen LogP contribution is 2.32.